The van der Waals surface area contributed by atoms with Crippen molar-refractivity contribution >= 4 is 5.91 Å². The topological polar surface area (TPSA) is 32.3 Å². The lowest BCUT2D eigenvalue weighted by molar-refractivity contribution is 0.0953. The van der Waals surface area contributed by atoms with E-state index < -0.39 is 0 Å². The Morgan fingerprint density at radius 3 is 2.76 bits per heavy atom. The van der Waals surface area contributed by atoms with Crippen LogP contribution in [0.3, 0.4) is 0 Å². The standard InChI is InChI=1S/C18H28N2O/c1-3-4-11-19-18(21)17-9-7-16(8-10-17)14-20-12-5-6-15(2)13-20/h7-10,15H,3-6,11-14H2,1-2H3,(H,19,21)/t15-/m0/s1. The summed E-state index contributed by atoms with van der Waals surface area (Å²) in [7, 11) is 0. The van der Waals surface area contributed by atoms with E-state index >= 15 is 0 Å². The molecule has 116 valence electrons. The van der Waals surface area contributed by atoms with Gasteiger partial charge in [0.05, 0.1) is 0 Å². The average Bonchev–Trinajstić information content (AvgIpc) is 2.48. The van der Waals surface area contributed by atoms with E-state index in [1.54, 1.807) is 0 Å². The molecule has 1 amide bonds. The molecule has 1 fully saturated rings. The van der Waals surface area contributed by atoms with Gasteiger partial charge in [-0.3, -0.25) is 9.69 Å². The summed E-state index contributed by atoms with van der Waals surface area (Å²) in [6.07, 6.45) is 4.80. The number of amides is 1. The molecule has 2 rings (SSSR count). The van der Waals surface area contributed by atoms with Crippen LogP contribution < -0.4 is 5.32 Å². The first-order valence-electron chi connectivity index (χ1n) is 8.28. The third-order valence-corrected chi connectivity index (χ3v) is 4.18. The van der Waals surface area contributed by atoms with Crippen LogP contribution in [0, 0.1) is 5.92 Å². The molecule has 0 radical (unpaired) electrons. The van der Waals surface area contributed by atoms with Gasteiger partial charge in [0.1, 0.15) is 0 Å². The van der Waals surface area contributed by atoms with E-state index in [-0.39, 0.29) is 5.91 Å². The van der Waals surface area contributed by atoms with Gasteiger partial charge in [-0.05, 0) is 49.4 Å². The van der Waals surface area contributed by atoms with Gasteiger partial charge in [-0.1, -0.05) is 32.4 Å². The molecular weight excluding hydrogens is 260 g/mol. The van der Waals surface area contributed by atoms with Gasteiger partial charge in [-0.25, -0.2) is 0 Å². The zero-order valence-electron chi connectivity index (χ0n) is 13.4. The highest BCUT2D eigenvalue weighted by Gasteiger charge is 2.16. The summed E-state index contributed by atoms with van der Waals surface area (Å²) >= 11 is 0. The van der Waals surface area contributed by atoms with Gasteiger partial charge in [-0.2, -0.15) is 0 Å². The van der Waals surface area contributed by atoms with Crippen LogP contribution in [0.5, 0.6) is 0 Å². The van der Waals surface area contributed by atoms with E-state index in [4.69, 9.17) is 0 Å². The Bertz CT molecular complexity index is 441. The summed E-state index contributed by atoms with van der Waals surface area (Å²) in [4.78, 5) is 14.5. The fraction of sp³-hybridized carbons (Fsp3) is 0.611. The van der Waals surface area contributed by atoms with E-state index in [0.29, 0.717) is 0 Å². The molecule has 3 heteroatoms. The predicted molar refractivity (Wildman–Crippen MR) is 87.4 cm³/mol. The van der Waals surface area contributed by atoms with Crippen LogP contribution in [0.1, 0.15) is 55.5 Å². The summed E-state index contributed by atoms with van der Waals surface area (Å²) in [6, 6.07) is 8.08. The van der Waals surface area contributed by atoms with Gasteiger partial charge >= 0.3 is 0 Å². The van der Waals surface area contributed by atoms with Gasteiger partial charge in [0, 0.05) is 25.2 Å². The van der Waals surface area contributed by atoms with Crippen molar-refractivity contribution in [1.82, 2.24) is 10.2 Å². The second-order valence-corrected chi connectivity index (χ2v) is 6.29. The number of likely N-dealkylation sites (tertiary alicyclic amines) is 1. The highest BCUT2D eigenvalue weighted by atomic mass is 16.1. The van der Waals surface area contributed by atoms with Crippen molar-refractivity contribution in [2.75, 3.05) is 19.6 Å². The van der Waals surface area contributed by atoms with E-state index in [1.165, 1.54) is 31.5 Å². The van der Waals surface area contributed by atoms with E-state index in [9.17, 15) is 4.79 Å². The van der Waals surface area contributed by atoms with Gasteiger partial charge in [0.2, 0.25) is 0 Å². The Balaban J connectivity index is 1.85. The lowest BCUT2D eigenvalue weighted by Crippen LogP contribution is -2.33. The summed E-state index contributed by atoms with van der Waals surface area (Å²) in [5, 5.41) is 2.96. The molecule has 21 heavy (non-hydrogen) atoms. The molecule has 0 aliphatic carbocycles. The van der Waals surface area contributed by atoms with Gasteiger partial charge in [-0.15, -0.1) is 0 Å². The number of unbranched alkanes of at least 4 members (excludes halogenated alkanes) is 1. The van der Waals surface area contributed by atoms with Crippen molar-refractivity contribution in [3.8, 4) is 0 Å². The Morgan fingerprint density at radius 2 is 2.10 bits per heavy atom. The van der Waals surface area contributed by atoms with Crippen LogP contribution in [0.2, 0.25) is 0 Å². The summed E-state index contributed by atoms with van der Waals surface area (Å²) in [5.74, 6) is 0.851. The van der Waals surface area contributed by atoms with Crippen molar-refractivity contribution in [2.45, 2.75) is 46.1 Å². The lowest BCUT2D eigenvalue weighted by Gasteiger charge is -2.30. The summed E-state index contributed by atoms with van der Waals surface area (Å²) in [6.45, 7) is 8.62. The monoisotopic (exact) mass is 288 g/mol. The van der Waals surface area contributed by atoms with Crippen LogP contribution >= 0.6 is 0 Å². The maximum atomic E-state index is 11.9. The second-order valence-electron chi connectivity index (χ2n) is 6.29. The molecule has 1 aromatic rings. The van der Waals surface area contributed by atoms with E-state index in [2.05, 4.69) is 36.2 Å². The highest BCUT2D eigenvalue weighted by Crippen LogP contribution is 2.18. The fourth-order valence-electron chi connectivity index (χ4n) is 2.93. The number of hydrogen-bond acceptors (Lipinski definition) is 2. The van der Waals surface area contributed by atoms with E-state index in [1.807, 2.05) is 12.1 Å². The number of carbonyl (C=O) groups is 1. The van der Waals surface area contributed by atoms with Crippen LogP contribution in [-0.2, 0) is 6.54 Å². The van der Waals surface area contributed by atoms with Gasteiger partial charge in [0.15, 0.2) is 0 Å². The van der Waals surface area contributed by atoms with E-state index in [0.717, 1.165) is 37.4 Å². The molecule has 3 nitrogen and oxygen atoms in total. The smallest absolute Gasteiger partial charge is 0.251 e. The largest absolute Gasteiger partial charge is 0.352 e. The predicted octanol–water partition coefficient (Wildman–Crippen LogP) is 3.45. The van der Waals surface area contributed by atoms with Gasteiger partial charge < -0.3 is 5.32 Å². The molecule has 1 aliphatic rings. The zero-order chi connectivity index (χ0) is 15.1. The minimum absolute atomic E-state index is 0.0431. The molecule has 1 heterocycles. The lowest BCUT2D eigenvalue weighted by atomic mass is 9.99. The molecule has 1 aromatic carbocycles. The first-order valence-corrected chi connectivity index (χ1v) is 8.28. The normalized spacial score (nSPS) is 19.4. The van der Waals surface area contributed by atoms with Crippen molar-refractivity contribution < 1.29 is 4.79 Å². The Hall–Kier alpha value is -1.35. The number of rotatable bonds is 6. The van der Waals surface area contributed by atoms with Crippen molar-refractivity contribution in [3.63, 3.8) is 0 Å². The fourth-order valence-corrected chi connectivity index (χ4v) is 2.93. The number of nitrogens with zero attached hydrogens (tertiary/aromatic N) is 1. The summed E-state index contributed by atoms with van der Waals surface area (Å²) in [5.41, 5.74) is 2.07. The average molecular weight is 288 g/mol. The van der Waals surface area contributed by atoms with Crippen molar-refractivity contribution in [3.05, 3.63) is 35.4 Å². The number of nitrogens with one attached hydrogen (secondary N) is 1. The molecule has 0 unspecified atom stereocenters. The van der Waals surface area contributed by atoms with Crippen LogP contribution in [-0.4, -0.2) is 30.4 Å². The maximum absolute atomic E-state index is 11.9. The molecule has 1 N–H and O–H groups in total. The molecule has 0 bridgehead atoms. The number of hydrogen-bond donors (Lipinski definition) is 1. The zero-order valence-corrected chi connectivity index (χ0v) is 13.4. The Labute approximate surface area is 128 Å². The molecular formula is C18H28N2O. The third kappa shape index (κ3) is 5.16. The quantitative estimate of drug-likeness (QED) is 0.813. The molecule has 0 saturated carbocycles. The number of carbonyl (C=O) groups excluding carboxylic acids is 1. The SMILES string of the molecule is CCCCNC(=O)c1ccc(CN2CCC[C@H](C)C2)cc1. The molecule has 1 atom stereocenters. The molecule has 1 aliphatic heterocycles. The van der Waals surface area contributed by atoms with Gasteiger partial charge in [0.25, 0.3) is 5.91 Å². The maximum Gasteiger partial charge on any atom is 0.251 e. The Morgan fingerprint density at radius 1 is 1.33 bits per heavy atom. The number of benzene rings is 1. The highest BCUT2D eigenvalue weighted by molar-refractivity contribution is 5.94. The molecule has 0 spiro atoms. The minimum Gasteiger partial charge on any atom is -0.352 e. The molecule has 1 saturated heterocycles. The number of piperidine rings is 1. The van der Waals surface area contributed by atoms with Crippen LogP contribution in [0.4, 0.5) is 0 Å². The first kappa shape index (κ1) is 16.0. The molecule has 0 aromatic heterocycles. The third-order valence-electron chi connectivity index (χ3n) is 4.18. The van der Waals surface area contributed by atoms with Crippen LogP contribution in [0.25, 0.3) is 0 Å². The van der Waals surface area contributed by atoms with Crippen molar-refractivity contribution in [2.24, 2.45) is 5.92 Å². The minimum atomic E-state index is 0.0431. The van der Waals surface area contributed by atoms with Crippen LogP contribution in [0.15, 0.2) is 24.3 Å². The Kier molecular flexibility index (Phi) is 6.24. The van der Waals surface area contributed by atoms with Crippen molar-refractivity contribution in [1.29, 1.82) is 0 Å². The first-order chi connectivity index (χ1) is 10.2. The second kappa shape index (κ2) is 8.18. The summed E-state index contributed by atoms with van der Waals surface area (Å²) < 4.78 is 0.